The number of aromatic nitrogens is 1. The van der Waals surface area contributed by atoms with Gasteiger partial charge in [-0.25, -0.2) is 0 Å². The van der Waals surface area contributed by atoms with Gasteiger partial charge in [0.2, 0.25) is 6.41 Å². The van der Waals surface area contributed by atoms with Gasteiger partial charge in [-0.2, -0.15) is 13.2 Å². The highest BCUT2D eigenvalue weighted by molar-refractivity contribution is 5.47. The van der Waals surface area contributed by atoms with Crippen LogP contribution in [0, 0.1) is 0 Å². The van der Waals surface area contributed by atoms with Gasteiger partial charge in [0, 0.05) is 32.1 Å². The predicted octanol–water partition coefficient (Wildman–Crippen LogP) is 2.10. The molecule has 0 unspecified atom stereocenters. The van der Waals surface area contributed by atoms with Crippen LogP contribution in [-0.4, -0.2) is 35.5 Å². The summed E-state index contributed by atoms with van der Waals surface area (Å²) in [6, 6.07) is 0.899. The van der Waals surface area contributed by atoms with Crippen LogP contribution in [0.5, 0.6) is 5.75 Å². The van der Waals surface area contributed by atoms with Crippen molar-refractivity contribution in [1.29, 1.82) is 0 Å². The second kappa shape index (κ2) is 5.46. The van der Waals surface area contributed by atoms with E-state index in [1.807, 2.05) is 0 Å². The number of hydrogen-bond donors (Lipinski definition) is 0. The Morgan fingerprint density at radius 1 is 1.37 bits per heavy atom. The van der Waals surface area contributed by atoms with Crippen LogP contribution < -0.4 is 4.74 Å². The molecule has 104 valence electrons. The van der Waals surface area contributed by atoms with Crippen molar-refractivity contribution in [1.82, 2.24) is 9.88 Å². The molecule has 1 aliphatic heterocycles. The quantitative estimate of drug-likeness (QED) is 0.793. The van der Waals surface area contributed by atoms with E-state index in [2.05, 4.69) is 4.98 Å². The second-order valence-corrected chi connectivity index (χ2v) is 4.33. The summed E-state index contributed by atoms with van der Waals surface area (Å²) in [5.74, 6) is -0.250. The Balaban J connectivity index is 2.06. The maximum Gasteiger partial charge on any atom is 0.420 e. The molecule has 1 saturated heterocycles. The third-order valence-corrected chi connectivity index (χ3v) is 3.01. The number of piperidine rings is 1. The summed E-state index contributed by atoms with van der Waals surface area (Å²) >= 11 is 0. The Bertz CT molecular complexity index is 443. The Hall–Kier alpha value is -1.79. The molecule has 4 nitrogen and oxygen atoms in total. The Labute approximate surface area is 108 Å². The van der Waals surface area contributed by atoms with Crippen molar-refractivity contribution in [2.45, 2.75) is 25.1 Å². The molecule has 0 saturated carbocycles. The van der Waals surface area contributed by atoms with Gasteiger partial charge in [-0.15, -0.1) is 0 Å². The highest BCUT2D eigenvalue weighted by Crippen LogP contribution is 2.36. The molecule has 0 aliphatic carbocycles. The molecule has 1 fully saturated rings. The number of rotatable bonds is 3. The van der Waals surface area contributed by atoms with Crippen LogP contribution in [-0.2, 0) is 11.0 Å². The Kier molecular flexibility index (Phi) is 3.92. The summed E-state index contributed by atoms with van der Waals surface area (Å²) in [5, 5.41) is 0. The Morgan fingerprint density at radius 3 is 2.63 bits per heavy atom. The average molecular weight is 274 g/mol. The first-order chi connectivity index (χ1) is 9.00. The van der Waals surface area contributed by atoms with Crippen LogP contribution in [0.1, 0.15) is 18.4 Å². The topological polar surface area (TPSA) is 42.4 Å². The number of amides is 1. The summed E-state index contributed by atoms with van der Waals surface area (Å²) in [5.41, 5.74) is -0.819. The number of carbonyl (C=O) groups is 1. The van der Waals surface area contributed by atoms with Crippen LogP contribution in [0.2, 0.25) is 0 Å². The molecule has 0 bridgehead atoms. The number of pyridine rings is 1. The van der Waals surface area contributed by atoms with Crippen molar-refractivity contribution < 1.29 is 22.7 Å². The first-order valence-electron chi connectivity index (χ1n) is 5.88. The van der Waals surface area contributed by atoms with Crippen molar-refractivity contribution in [2.24, 2.45) is 0 Å². The van der Waals surface area contributed by atoms with Crippen molar-refractivity contribution in [3.8, 4) is 5.75 Å². The fourth-order valence-corrected chi connectivity index (χ4v) is 1.99. The molecule has 0 N–H and O–H groups in total. The minimum atomic E-state index is -4.46. The molecule has 1 aromatic rings. The minimum Gasteiger partial charge on any atom is -0.488 e. The minimum absolute atomic E-state index is 0.250. The van der Waals surface area contributed by atoms with Crippen LogP contribution in [0.4, 0.5) is 13.2 Å². The molecular formula is C12H13F3N2O2. The molecule has 0 aromatic carbocycles. The van der Waals surface area contributed by atoms with E-state index in [4.69, 9.17) is 4.74 Å². The largest absolute Gasteiger partial charge is 0.488 e. The third-order valence-electron chi connectivity index (χ3n) is 3.01. The monoisotopic (exact) mass is 274 g/mol. The van der Waals surface area contributed by atoms with Gasteiger partial charge >= 0.3 is 6.18 Å². The zero-order valence-corrected chi connectivity index (χ0v) is 10.1. The van der Waals surface area contributed by atoms with Crippen LogP contribution >= 0.6 is 0 Å². The lowest BCUT2D eigenvalue weighted by atomic mass is 10.1. The summed E-state index contributed by atoms with van der Waals surface area (Å²) in [4.78, 5) is 15.8. The number of carbonyl (C=O) groups excluding carboxylic acids is 1. The SMILES string of the molecule is O=CN1CCC(Oc2cnccc2C(F)(F)F)CC1. The molecule has 1 amide bonds. The molecule has 7 heteroatoms. The van der Waals surface area contributed by atoms with Gasteiger partial charge in [-0.1, -0.05) is 0 Å². The second-order valence-electron chi connectivity index (χ2n) is 4.33. The van der Waals surface area contributed by atoms with Gasteiger partial charge in [0.05, 0.1) is 6.20 Å². The van der Waals surface area contributed by atoms with E-state index < -0.39 is 11.7 Å². The van der Waals surface area contributed by atoms with Crippen molar-refractivity contribution in [2.75, 3.05) is 13.1 Å². The van der Waals surface area contributed by atoms with Crippen molar-refractivity contribution >= 4 is 6.41 Å². The average Bonchev–Trinajstić information content (AvgIpc) is 2.39. The van der Waals surface area contributed by atoms with Crippen molar-refractivity contribution in [3.63, 3.8) is 0 Å². The Morgan fingerprint density at radius 2 is 2.05 bits per heavy atom. The number of ether oxygens (including phenoxy) is 1. The number of nitrogens with zero attached hydrogens (tertiary/aromatic N) is 2. The van der Waals surface area contributed by atoms with Crippen LogP contribution in [0.15, 0.2) is 18.5 Å². The van der Waals surface area contributed by atoms with Gasteiger partial charge in [-0.05, 0) is 6.07 Å². The molecular weight excluding hydrogens is 261 g/mol. The number of likely N-dealkylation sites (tertiary alicyclic amines) is 1. The van der Waals surface area contributed by atoms with Gasteiger partial charge < -0.3 is 9.64 Å². The highest BCUT2D eigenvalue weighted by Gasteiger charge is 2.35. The van der Waals surface area contributed by atoms with E-state index in [0.29, 0.717) is 25.9 Å². The van der Waals surface area contributed by atoms with Crippen LogP contribution in [0.3, 0.4) is 0 Å². The lowest BCUT2D eigenvalue weighted by Gasteiger charge is -2.30. The summed E-state index contributed by atoms with van der Waals surface area (Å²) < 4.78 is 43.7. The zero-order valence-electron chi connectivity index (χ0n) is 10.1. The lowest BCUT2D eigenvalue weighted by Crippen LogP contribution is -2.37. The number of alkyl halides is 3. The molecule has 0 radical (unpaired) electrons. The molecule has 1 aromatic heterocycles. The summed E-state index contributed by atoms with van der Waals surface area (Å²) in [6.45, 7) is 0.992. The van der Waals surface area contributed by atoms with Gasteiger partial charge in [0.15, 0.2) is 0 Å². The summed E-state index contributed by atoms with van der Waals surface area (Å²) in [7, 11) is 0. The standard InChI is InChI=1S/C12H13F3N2O2/c13-12(14,15)10-1-4-16-7-11(10)19-9-2-5-17(8-18)6-3-9/h1,4,7-9H,2-3,5-6H2. The smallest absolute Gasteiger partial charge is 0.420 e. The van der Waals surface area contributed by atoms with E-state index in [9.17, 15) is 18.0 Å². The molecule has 0 spiro atoms. The lowest BCUT2D eigenvalue weighted by molar-refractivity contribution is -0.139. The maximum absolute atomic E-state index is 12.8. The van der Waals surface area contributed by atoms with E-state index in [-0.39, 0.29) is 11.9 Å². The fourth-order valence-electron chi connectivity index (χ4n) is 1.99. The normalized spacial score (nSPS) is 17.3. The summed E-state index contributed by atoms with van der Waals surface area (Å²) in [6.07, 6.45) is -0.833. The van der Waals surface area contributed by atoms with Gasteiger partial charge in [0.1, 0.15) is 17.4 Å². The van der Waals surface area contributed by atoms with Crippen molar-refractivity contribution in [3.05, 3.63) is 24.0 Å². The number of hydrogen-bond acceptors (Lipinski definition) is 3. The van der Waals surface area contributed by atoms with Gasteiger partial charge in [-0.3, -0.25) is 9.78 Å². The number of halogens is 3. The van der Waals surface area contributed by atoms with E-state index in [1.165, 1.54) is 0 Å². The van der Waals surface area contributed by atoms with E-state index >= 15 is 0 Å². The molecule has 0 atom stereocenters. The first-order valence-corrected chi connectivity index (χ1v) is 5.88. The maximum atomic E-state index is 12.8. The fraction of sp³-hybridized carbons (Fsp3) is 0.500. The first kappa shape index (κ1) is 13.6. The third kappa shape index (κ3) is 3.36. The van der Waals surface area contributed by atoms with E-state index in [0.717, 1.165) is 24.9 Å². The molecule has 2 rings (SSSR count). The van der Waals surface area contributed by atoms with E-state index in [1.54, 1.807) is 4.90 Å². The highest BCUT2D eigenvalue weighted by atomic mass is 19.4. The van der Waals surface area contributed by atoms with Crippen LogP contribution in [0.25, 0.3) is 0 Å². The molecule has 1 aliphatic rings. The van der Waals surface area contributed by atoms with Gasteiger partial charge in [0.25, 0.3) is 0 Å². The molecule has 19 heavy (non-hydrogen) atoms. The predicted molar refractivity (Wildman–Crippen MR) is 60.5 cm³/mol. The zero-order chi connectivity index (χ0) is 13.9. The molecule has 2 heterocycles.